The van der Waals surface area contributed by atoms with Crippen molar-refractivity contribution in [3.8, 4) is 0 Å². The van der Waals surface area contributed by atoms with Crippen LogP contribution in [0, 0.1) is 5.82 Å². The van der Waals surface area contributed by atoms with E-state index in [2.05, 4.69) is 5.32 Å². The summed E-state index contributed by atoms with van der Waals surface area (Å²) in [6, 6.07) is 11.3. The molecular formula is C18H20ClFN2O3S. The van der Waals surface area contributed by atoms with E-state index in [0.717, 1.165) is 5.56 Å². The minimum absolute atomic E-state index is 0.264. The number of rotatable bonds is 6. The first-order valence-electron chi connectivity index (χ1n) is 8.29. The first-order valence-corrected chi connectivity index (χ1v) is 10.1. The summed E-state index contributed by atoms with van der Waals surface area (Å²) in [5.74, 6) is -0.350. The molecule has 140 valence electrons. The molecule has 1 aliphatic heterocycles. The summed E-state index contributed by atoms with van der Waals surface area (Å²) < 4.78 is 45.5. The lowest BCUT2D eigenvalue weighted by Crippen LogP contribution is -2.40. The zero-order valence-electron chi connectivity index (χ0n) is 14.1. The Morgan fingerprint density at radius 1 is 1.08 bits per heavy atom. The largest absolute Gasteiger partial charge is 0.379 e. The van der Waals surface area contributed by atoms with Crippen LogP contribution in [0.1, 0.15) is 11.1 Å². The van der Waals surface area contributed by atoms with E-state index in [-0.39, 0.29) is 10.7 Å². The van der Waals surface area contributed by atoms with E-state index < -0.39 is 10.0 Å². The molecule has 1 heterocycles. The minimum atomic E-state index is -3.49. The number of nitrogens with one attached hydrogen (secondary N) is 1. The molecule has 8 heteroatoms. The van der Waals surface area contributed by atoms with E-state index >= 15 is 0 Å². The van der Waals surface area contributed by atoms with Crippen LogP contribution in [-0.4, -0.2) is 39.0 Å². The third kappa shape index (κ3) is 4.42. The van der Waals surface area contributed by atoms with Gasteiger partial charge in [0.25, 0.3) is 0 Å². The topological polar surface area (TPSA) is 58.6 Å². The number of hydrogen-bond acceptors (Lipinski definition) is 4. The lowest BCUT2D eigenvalue weighted by molar-refractivity contribution is 0.0730. The molecule has 0 amide bonds. The standard InChI is InChI=1S/C18H20ClFN2O3S/c19-17-2-1-3-18(20)16(17)13-21-12-14-4-6-15(7-5-14)26(23,24)22-8-10-25-11-9-22/h1-7,21H,8-13H2. The van der Waals surface area contributed by atoms with Crippen molar-refractivity contribution in [3.63, 3.8) is 0 Å². The highest BCUT2D eigenvalue weighted by molar-refractivity contribution is 7.89. The fourth-order valence-corrected chi connectivity index (χ4v) is 4.39. The number of sulfonamides is 1. The van der Waals surface area contributed by atoms with Gasteiger partial charge in [-0.15, -0.1) is 0 Å². The molecule has 0 saturated carbocycles. The predicted molar refractivity (Wildman–Crippen MR) is 98.0 cm³/mol. The predicted octanol–water partition coefficient (Wildman–Crippen LogP) is 2.79. The van der Waals surface area contributed by atoms with Crippen LogP contribution in [0.25, 0.3) is 0 Å². The number of morpholine rings is 1. The summed E-state index contributed by atoms with van der Waals surface area (Å²) in [5.41, 5.74) is 1.32. The zero-order valence-corrected chi connectivity index (χ0v) is 15.7. The van der Waals surface area contributed by atoms with E-state index in [1.165, 1.54) is 10.4 Å². The Morgan fingerprint density at radius 3 is 2.42 bits per heavy atom. The minimum Gasteiger partial charge on any atom is -0.379 e. The lowest BCUT2D eigenvalue weighted by Gasteiger charge is -2.26. The molecule has 0 unspecified atom stereocenters. The van der Waals surface area contributed by atoms with E-state index in [4.69, 9.17) is 16.3 Å². The molecule has 5 nitrogen and oxygen atoms in total. The molecule has 0 atom stereocenters. The van der Waals surface area contributed by atoms with Crippen molar-refractivity contribution >= 4 is 21.6 Å². The van der Waals surface area contributed by atoms with Crippen LogP contribution < -0.4 is 5.32 Å². The van der Waals surface area contributed by atoms with Crippen molar-refractivity contribution in [3.05, 3.63) is 64.4 Å². The molecule has 0 spiro atoms. The molecule has 1 aliphatic rings. The second-order valence-corrected chi connectivity index (χ2v) is 8.31. The van der Waals surface area contributed by atoms with E-state index in [0.29, 0.717) is 50.0 Å². The first kappa shape index (κ1) is 19.3. The van der Waals surface area contributed by atoms with Gasteiger partial charge in [-0.2, -0.15) is 4.31 Å². The number of benzene rings is 2. The SMILES string of the molecule is O=S(=O)(c1ccc(CNCc2c(F)cccc2Cl)cc1)N1CCOCC1. The van der Waals surface area contributed by atoms with Gasteiger partial charge in [0.2, 0.25) is 10.0 Å². The Balaban J connectivity index is 1.61. The van der Waals surface area contributed by atoms with E-state index in [1.54, 1.807) is 36.4 Å². The molecule has 0 radical (unpaired) electrons. The fraction of sp³-hybridized carbons (Fsp3) is 0.333. The molecule has 0 aromatic heterocycles. The van der Waals surface area contributed by atoms with Gasteiger partial charge in [0.15, 0.2) is 0 Å². The summed E-state index contributed by atoms with van der Waals surface area (Å²) in [4.78, 5) is 0.264. The van der Waals surface area contributed by atoms with Gasteiger partial charge in [0, 0.05) is 36.8 Å². The van der Waals surface area contributed by atoms with Crippen molar-refractivity contribution in [2.24, 2.45) is 0 Å². The quantitative estimate of drug-likeness (QED) is 0.812. The highest BCUT2D eigenvalue weighted by atomic mass is 35.5. The molecular weight excluding hydrogens is 379 g/mol. The molecule has 0 bridgehead atoms. The van der Waals surface area contributed by atoms with Gasteiger partial charge in [-0.3, -0.25) is 0 Å². The smallest absolute Gasteiger partial charge is 0.243 e. The Hall–Kier alpha value is -1.51. The summed E-state index contributed by atoms with van der Waals surface area (Å²) in [6.07, 6.45) is 0. The van der Waals surface area contributed by atoms with Gasteiger partial charge in [0.1, 0.15) is 5.82 Å². The summed E-state index contributed by atoms with van der Waals surface area (Å²) in [5, 5.41) is 3.50. The van der Waals surface area contributed by atoms with Crippen LogP contribution in [0.3, 0.4) is 0 Å². The van der Waals surface area contributed by atoms with E-state index in [9.17, 15) is 12.8 Å². The van der Waals surface area contributed by atoms with Crippen LogP contribution in [0.2, 0.25) is 5.02 Å². The monoisotopic (exact) mass is 398 g/mol. The number of nitrogens with zero attached hydrogens (tertiary/aromatic N) is 1. The molecule has 2 aromatic carbocycles. The fourth-order valence-electron chi connectivity index (χ4n) is 2.75. The average Bonchev–Trinajstić information content (AvgIpc) is 2.65. The highest BCUT2D eigenvalue weighted by Crippen LogP contribution is 2.20. The molecule has 1 saturated heterocycles. The molecule has 1 fully saturated rings. The Labute approximate surface area is 157 Å². The van der Waals surface area contributed by atoms with Crippen LogP contribution in [-0.2, 0) is 27.8 Å². The Bertz CT molecular complexity index is 833. The molecule has 3 rings (SSSR count). The maximum absolute atomic E-state index is 13.7. The Morgan fingerprint density at radius 2 is 1.77 bits per heavy atom. The maximum atomic E-state index is 13.7. The zero-order chi connectivity index (χ0) is 18.6. The molecule has 2 aromatic rings. The average molecular weight is 399 g/mol. The van der Waals surface area contributed by atoms with Gasteiger partial charge in [-0.05, 0) is 29.8 Å². The molecule has 0 aliphatic carbocycles. The highest BCUT2D eigenvalue weighted by Gasteiger charge is 2.25. The lowest BCUT2D eigenvalue weighted by atomic mass is 10.2. The summed E-state index contributed by atoms with van der Waals surface area (Å²) in [7, 11) is -3.49. The maximum Gasteiger partial charge on any atom is 0.243 e. The van der Waals surface area contributed by atoms with Gasteiger partial charge in [-0.1, -0.05) is 29.8 Å². The van der Waals surface area contributed by atoms with Crippen LogP contribution in [0.5, 0.6) is 0 Å². The third-order valence-electron chi connectivity index (χ3n) is 4.22. The van der Waals surface area contributed by atoms with E-state index in [1.807, 2.05) is 0 Å². The van der Waals surface area contributed by atoms with Crippen LogP contribution >= 0.6 is 11.6 Å². The summed E-state index contributed by atoms with van der Waals surface area (Å²) >= 11 is 6.00. The third-order valence-corrected chi connectivity index (χ3v) is 6.49. The van der Waals surface area contributed by atoms with Crippen LogP contribution in [0.4, 0.5) is 4.39 Å². The second kappa shape index (κ2) is 8.45. The number of hydrogen-bond donors (Lipinski definition) is 1. The molecule has 26 heavy (non-hydrogen) atoms. The normalized spacial score (nSPS) is 15.9. The summed E-state index contributed by atoms with van der Waals surface area (Å²) in [6.45, 7) is 2.34. The van der Waals surface area contributed by atoms with Crippen LogP contribution in [0.15, 0.2) is 47.4 Å². The molecule has 1 N–H and O–H groups in total. The first-order chi connectivity index (χ1) is 12.5. The number of halogens is 2. The number of ether oxygens (including phenoxy) is 1. The van der Waals surface area contributed by atoms with Gasteiger partial charge < -0.3 is 10.1 Å². The van der Waals surface area contributed by atoms with Crippen molar-refractivity contribution < 1.29 is 17.5 Å². The second-order valence-electron chi connectivity index (χ2n) is 5.96. The van der Waals surface area contributed by atoms with Gasteiger partial charge >= 0.3 is 0 Å². The van der Waals surface area contributed by atoms with Gasteiger partial charge in [-0.25, -0.2) is 12.8 Å². The van der Waals surface area contributed by atoms with Gasteiger partial charge in [0.05, 0.1) is 18.1 Å². The van der Waals surface area contributed by atoms with Crippen molar-refractivity contribution in [1.82, 2.24) is 9.62 Å². The Kier molecular flexibility index (Phi) is 6.26. The van der Waals surface area contributed by atoms with Crippen molar-refractivity contribution in [2.75, 3.05) is 26.3 Å². The van der Waals surface area contributed by atoms with Crippen molar-refractivity contribution in [1.29, 1.82) is 0 Å². The van der Waals surface area contributed by atoms with Crippen molar-refractivity contribution in [2.45, 2.75) is 18.0 Å².